The molecule has 0 heterocycles. The van der Waals surface area contributed by atoms with E-state index in [9.17, 15) is 9.90 Å². The molecule has 0 radical (unpaired) electrons. The van der Waals surface area contributed by atoms with Crippen molar-refractivity contribution in [3.63, 3.8) is 0 Å². The zero-order chi connectivity index (χ0) is 17.0. The van der Waals surface area contributed by atoms with Crippen molar-refractivity contribution in [3.8, 4) is 0 Å². The first-order chi connectivity index (χ1) is 10.8. The zero-order valence-corrected chi connectivity index (χ0v) is 15.3. The Bertz CT molecular complexity index is 526. The predicted molar refractivity (Wildman–Crippen MR) is 91.5 cm³/mol. The van der Waals surface area contributed by atoms with Crippen LogP contribution in [0.4, 0.5) is 4.79 Å². The van der Waals surface area contributed by atoms with Crippen molar-refractivity contribution in [1.29, 1.82) is 0 Å². The van der Waals surface area contributed by atoms with Crippen LogP contribution in [0.1, 0.15) is 38.7 Å². The zero-order valence-electron chi connectivity index (χ0n) is 13.7. The third-order valence-electron chi connectivity index (χ3n) is 3.48. The van der Waals surface area contributed by atoms with E-state index in [-0.39, 0.29) is 19.3 Å². The Morgan fingerprint density at radius 1 is 1.39 bits per heavy atom. The average molecular weight is 386 g/mol. The van der Waals surface area contributed by atoms with Crippen molar-refractivity contribution in [2.45, 2.75) is 50.9 Å². The minimum absolute atomic E-state index is 0.144. The summed E-state index contributed by atoms with van der Waals surface area (Å²) in [7, 11) is 0. The maximum atomic E-state index is 11.7. The molecule has 1 aliphatic carbocycles. The molecule has 5 nitrogen and oxygen atoms in total. The summed E-state index contributed by atoms with van der Waals surface area (Å²) in [4.78, 5) is 11.7. The SMILES string of the molecule is CC(C)(C)OC(=O)NC(CO)CO[C@@H]1C[C@H]1c1ccc(Br)cc1. The van der Waals surface area contributed by atoms with Crippen LogP contribution in [0.3, 0.4) is 0 Å². The van der Waals surface area contributed by atoms with Crippen molar-refractivity contribution in [2.75, 3.05) is 13.2 Å². The van der Waals surface area contributed by atoms with Crippen LogP contribution >= 0.6 is 15.9 Å². The van der Waals surface area contributed by atoms with Gasteiger partial charge in [0.15, 0.2) is 0 Å². The number of alkyl carbamates (subject to hydrolysis) is 1. The van der Waals surface area contributed by atoms with Gasteiger partial charge < -0.3 is 19.9 Å². The van der Waals surface area contributed by atoms with E-state index in [1.165, 1.54) is 5.56 Å². The summed E-state index contributed by atoms with van der Waals surface area (Å²) in [6.07, 6.45) is 0.567. The molecule has 1 aliphatic rings. The van der Waals surface area contributed by atoms with Gasteiger partial charge in [0, 0.05) is 10.4 Å². The topological polar surface area (TPSA) is 67.8 Å². The Kier molecular flexibility index (Phi) is 6.06. The fraction of sp³-hybridized carbons (Fsp3) is 0.588. The summed E-state index contributed by atoms with van der Waals surface area (Å²) >= 11 is 3.42. The number of aliphatic hydroxyl groups excluding tert-OH is 1. The Morgan fingerprint density at radius 2 is 2.04 bits per heavy atom. The fourth-order valence-corrected chi connectivity index (χ4v) is 2.53. The number of halogens is 1. The molecule has 1 saturated carbocycles. The van der Waals surface area contributed by atoms with E-state index in [0.29, 0.717) is 5.92 Å². The lowest BCUT2D eigenvalue weighted by Crippen LogP contribution is -2.43. The lowest BCUT2D eigenvalue weighted by atomic mass is 10.1. The molecular formula is C17H24BrNO4. The van der Waals surface area contributed by atoms with Crippen molar-refractivity contribution < 1.29 is 19.4 Å². The van der Waals surface area contributed by atoms with Crippen molar-refractivity contribution in [3.05, 3.63) is 34.3 Å². The number of hydrogen-bond acceptors (Lipinski definition) is 4. The third kappa shape index (κ3) is 6.12. The van der Waals surface area contributed by atoms with Crippen LogP contribution in [-0.4, -0.2) is 42.2 Å². The Labute approximate surface area is 145 Å². The molecule has 0 bridgehead atoms. The molecule has 0 aromatic heterocycles. The second-order valence-corrected chi connectivity index (χ2v) is 7.71. The first-order valence-corrected chi connectivity index (χ1v) is 8.55. The molecule has 0 saturated heterocycles. The van der Waals surface area contributed by atoms with Crippen LogP contribution in [-0.2, 0) is 9.47 Å². The number of nitrogens with one attached hydrogen (secondary N) is 1. The first kappa shape index (κ1) is 18.2. The standard InChI is InChI=1S/C17H24BrNO4/c1-17(2,3)23-16(21)19-13(9-20)10-22-15-8-14(15)11-4-6-12(18)7-5-11/h4-7,13-15,20H,8-10H2,1-3H3,(H,19,21)/t13?,14-,15+/m0/s1. The molecule has 23 heavy (non-hydrogen) atoms. The number of carbonyl (C=O) groups is 1. The van der Waals surface area contributed by atoms with Crippen molar-refractivity contribution in [1.82, 2.24) is 5.32 Å². The van der Waals surface area contributed by atoms with Crippen LogP contribution in [0.25, 0.3) is 0 Å². The van der Waals surface area contributed by atoms with E-state index in [0.717, 1.165) is 10.9 Å². The van der Waals surface area contributed by atoms with Crippen LogP contribution < -0.4 is 5.32 Å². The molecule has 2 N–H and O–H groups in total. The monoisotopic (exact) mass is 385 g/mol. The smallest absolute Gasteiger partial charge is 0.408 e. The molecule has 0 aliphatic heterocycles. The molecule has 3 atom stereocenters. The van der Waals surface area contributed by atoms with Gasteiger partial charge in [-0.1, -0.05) is 28.1 Å². The minimum Gasteiger partial charge on any atom is -0.444 e. The van der Waals surface area contributed by atoms with Crippen molar-refractivity contribution >= 4 is 22.0 Å². The highest BCUT2D eigenvalue weighted by Crippen LogP contribution is 2.43. The highest BCUT2D eigenvalue weighted by Gasteiger charge is 2.39. The largest absolute Gasteiger partial charge is 0.444 e. The number of amides is 1. The number of rotatable bonds is 6. The molecule has 1 fully saturated rings. The van der Waals surface area contributed by atoms with Gasteiger partial charge in [0.25, 0.3) is 0 Å². The molecule has 1 amide bonds. The molecule has 1 aromatic rings. The average Bonchev–Trinajstić information content (AvgIpc) is 3.22. The van der Waals surface area contributed by atoms with Crippen LogP contribution in [0.2, 0.25) is 0 Å². The lowest BCUT2D eigenvalue weighted by Gasteiger charge is -2.22. The van der Waals surface area contributed by atoms with Crippen LogP contribution in [0.15, 0.2) is 28.7 Å². The van der Waals surface area contributed by atoms with Gasteiger partial charge in [-0.3, -0.25) is 0 Å². The van der Waals surface area contributed by atoms with Crippen LogP contribution in [0.5, 0.6) is 0 Å². The van der Waals surface area contributed by atoms with E-state index >= 15 is 0 Å². The molecule has 2 rings (SSSR count). The quantitative estimate of drug-likeness (QED) is 0.788. The number of carbonyl (C=O) groups excluding carboxylic acids is 1. The van der Waals surface area contributed by atoms with Gasteiger partial charge in [-0.2, -0.15) is 0 Å². The van der Waals surface area contributed by atoms with Gasteiger partial charge in [0.2, 0.25) is 0 Å². The number of ether oxygens (including phenoxy) is 2. The maximum Gasteiger partial charge on any atom is 0.408 e. The second kappa shape index (κ2) is 7.64. The van der Waals surface area contributed by atoms with Crippen molar-refractivity contribution in [2.24, 2.45) is 0 Å². The van der Waals surface area contributed by atoms with E-state index in [1.54, 1.807) is 20.8 Å². The van der Waals surface area contributed by atoms with Gasteiger partial charge >= 0.3 is 6.09 Å². The third-order valence-corrected chi connectivity index (χ3v) is 4.01. The molecular weight excluding hydrogens is 362 g/mol. The Balaban J connectivity index is 1.74. The molecule has 0 spiro atoms. The lowest BCUT2D eigenvalue weighted by molar-refractivity contribution is 0.0359. The van der Waals surface area contributed by atoms with Gasteiger partial charge in [-0.05, 0) is 44.9 Å². The fourth-order valence-electron chi connectivity index (χ4n) is 2.27. The van der Waals surface area contributed by atoms with E-state index in [1.807, 2.05) is 12.1 Å². The first-order valence-electron chi connectivity index (χ1n) is 7.76. The van der Waals surface area contributed by atoms with E-state index in [4.69, 9.17) is 9.47 Å². The molecule has 1 aromatic carbocycles. The highest BCUT2D eigenvalue weighted by atomic mass is 79.9. The highest BCUT2D eigenvalue weighted by molar-refractivity contribution is 9.10. The summed E-state index contributed by atoms with van der Waals surface area (Å²) in [6.45, 7) is 5.47. The molecule has 1 unspecified atom stereocenters. The molecule has 6 heteroatoms. The predicted octanol–water partition coefficient (Wildman–Crippen LogP) is 3.21. The minimum atomic E-state index is -0.561. The summed E-state index contributed by atoms with van der Waals surface area (Å²) in [5.41, 5.74) is 0.688. The summed E-state index contributed by atoms with van der Waals surface area (Å²) < 4.78 is 12.0. The van der Waals surface area contributed by atoms with Gasteiger partial charge in [-0.25, -0.2) is 4.79 Å². The Hall–Kier alpha value is -1.11. The second-order valence-electron chi connectivity index (χ2n) is 6.79. The summed E-state index contributed by atoms with van der Waals surface area (Å²) in [5.74, 6) is 0.393. The van der Waals surface area contributed by atoms with Crippen LogP contribution in [0, 0.1) is 0 Å². The van der Waals surface area contributed by atoms with E-state index < -0.39 is 17.7 Å². The van der Waals surface area contributed by atoms with E-state index in [2.05, 4.69) is 33.4 Å². The number of benzene rings is 1. The Morgan fingerprint density at radius 3 is 2.61 bits per heavy atom. The number of hydrogen-bond donors (Lipinski definition) is 2. The van der Waals surface area contributed by atoms with Gasteiger partial charge in [0.1, 0.15) is 5.60 Å². The van der Waals surface area contributed by atoms with Gasteiger partial charge in [-0.15, -0.1) is 0 Å². The van der Waals surface area contributed by atoms with Gasteiger partial charge in [0.05, 0.1) is 25.4 Å². The summed E-state index contributed by atoms with van der Waals surface area (Å²) in [5, 5.41) is 12.0. The maximum absolute atomic E-state index is 11.7. The number of aliphatic hydroxyl groups is 1. The molecule has 128 valence electrons. The summed E-state index contributed by atoms with van der Waals surface area (Å²) in [6, 6.07) is 7.74. The normalized spacial score (nSPS) is 21.6.